The number of rotatable bonds is 4. The second-order valence-electron chi connectivity index (χ2n) is 5.92. The van der Waals surface area contributed by atoms with Crippen molar-refractivity contribution in [1.29, 1.82) is 0 Å². The number of aryl methyl sites for hydroxylation is 1. The number of hydrogen-bond donors (Lipinski definition) is 0. The third-order valence-electron chi connectivity index (χ3n) is 4.44. The minimum atomic E-state index is -0.388. The fourth-order valence-corrected chi connectivity index (χ4v) is 3.26. The van der Waals surface area contributed by atoms with Crippen molar-refractivity contribution in [3.05, 3.63) is 23.7 Å². The third-order valence-corrected chi connectivity index (χ3v) is 4.44. The molecular formula is C16H23NO5. The van der Waals surface area contributed by atoms with Gasteiger partial charge in [0, 0.05) is 19.6 Å². The van der Waals surface area contributed by atoms with Crippen LogP contribution in [0.3, 0.4) is 0 Å². The van der Waals surface area contributed by atoms with Gasteiger partial charge in [-0.25, -0.2) is 0 Å². The molecule has 1 spiro atoms. The summed E-state index contributed by atoms with van der Waals surface area (Å²) in [6.07, 6.45) is 2.32. The van der Waals surface area contributed by atoms with Gasteiger partial charge in [0.2, 0.25) is 0 Å². The van der Waals surface area contributed by atoms with Crippen LogP contribution in [0.5, 0.6) is 0 Å². The minimum Gasteiger partial charge on any atom is -0.469 e. The Morgan fingerprint density at radius 2 is 2.36 bits per heavy atom. The van der Waals surface area contributed by atoms with Gasteiger partial charge in [-0.1, -0.05) is 0 Å². The molecule has 3 heterocycles. The van der Waals surface area contributed by atoms with Crippen molar-refractivity contribution in [1.82, 2.24) is 4.90 Å². The van der Waals surface area contributed by atoms with Crippen molar-refractivity contribution >= 4 is 5.91 Å². The average Bonchev–Trinajstić information content (AvgIpc) is 3.12. The van der Waals surface area contributed by atoms with Crippen molar-refractivity contribution in [3.8, 4) is 0 Å². The molecule has 3 rings (SSSR count). The Morgan fingerprint density at radius 1 is 1.50 bits per heavy atom. The molecule has 6 heteroatoms. The first kappa shape index (κ1) is 15.5. The van der Waals surface area contributed by atoms with E-state index in [-0.39, 0.29) is 17.6 Å². The molecule has 0 saturated carbocycles. The van der Waals surface area contributed by atoms with E-state index < -0.39 is 0 Å². The molecule has 1 amide bonds. The topological polar surface area (TPSA) is 61.1 Å². The number of carbonyl (C=O) groups is 1. The molecule has 2 atom stereocenters. The minimum absolute atomic E-state index is 0.00444. The summed E-state index contributed by atoms with van der Waals surface area (Å²) in [4.78, 5) is 14.8. The maximum absolute atomic E-state index is 12.9. The quantitative estimate of drug-likeness (QED) is 0.846. The predicted molar refractivity (Wildman–Crippen MR) is 78.9 cm³/mol. The fraction of sp³-hybridized carbons (Fsp3) is 0.688. The number of morpholine rings is 1. The zero-order valence-corrected chi connectivity index (χ0v) is 13.2. The number of hydrogen-bond acceptors (Lipinski definition) is 5. The van der Waals surface area contributed by atoms with E-state index in [1.165, 1.54) is 0 Å². The highest BCUT2D eigenvalue weighted by Crippen LogP contribution is 2.34. The van der Waals surface area contributed by atoms with Crippen LogP contribution in [0.1, 0.15) is 29.5 Å². The summed E-state index contributed by atoms with van der Waals surface area (Å²) < 4.78 is 22.2. The Balaban J connectivity index is 1.77. The molecule has 0 aliphatic carbocycles. The first-order valence-electron chi connectivity index (χ1n) is 7.79. The molecule has 0 aromatic carbocycles. The van der Waals surface area contributed by atoms with Gasteiger partial charge in [0.05, 0.1) is 49.9 Å². The summed E-state index contributed by atoms with van der Waals surface area (Å²) in [5, 5.41) is 0. The molecule has 122 valence electrons. The second kappa shape index (κ2) is 6.40. The van der Waals surface area contributed by atoms with Crippen LogP contribution < -0.4 is 0 Å². The Labute approximate surface area is 130 Å². The molecule has 22 heavy (non-hydrogen) atoms. The van der Waals surface area contributed by atoms with Crippen LogP contribution in [-0.4, -0.2) is 62.0 Å². The molecule has 2 aliphatic heterocycles. The van der Waals surface area contributed by atoms with Crippen molar-refractivity contribution in [2.45, 2.75) is 31.9 Å². The van der Waals surface area contributed by atoms with Crippen molar-refractivity contribution in [3.63, 3.8) is 0 Å². The number of amides is 1. The van der Waals surface area contributed by atoms with Gasteiger partial charge >= 0.3 is 0 Å². The van der Waals surface area contributed by atoms with Crippen LogP contribution in [0.2, 0.25) is 0 Å². The summed E-state index contributed by atoms with van der Waals surface area (Å²) in [5.74, 6) is 0.645. The summed E-state index contributed by atoms with van der Waals surface area (Å²) in [6.45, 7) is 7.14. The van der Waals surface area contributed by atoms with E-state index in [0.717, 1.165) is 6.42 Å². The molecule has 2 unspecified atom stereocenters. The Bertz CT molecular complexity index is 528. The molecule has 1 aromatic rings. The van der Waals surface area contributed by atoms with E-state index in [1.807, 2.05) is 18.7 Å². The monoisotopic (exact) mass is 309 g/mol. The van der Waals surface area contributed by atoms with Crippen LogP contribution in [0, 0.1) is 6.92 Å². The van der Waals surface area contributed by atoms with Gasteiger partial charge in [-0.05, 0) is 19.9 Å². The summed E-state index contributed by atoms with van der Waals surface area (Å²) in [7, 11) is 0. The van der Waals surface area contributed by atoms with Gasteiger partial charge in [-0.2, -0.15) is 0 Å². The summed E-state index contributed by atoms with van der Waals surface area (Å²) >= 11 is 0. The summed E-state index contributed by atoms with van der Waals surface area (Å²) in [6, 6.07) is 1.73. The van der Waals surface area contributed by atoms with E-state index >= 15 is 0 Å². The van der Waals surface area contributed by atoms with Gasteiger partial charge in [0.1, 0.15) is 5.76 Å². The number of carbonyl (C=O) groups excluding carboxylic acids is 1. The van der Waals surface area contributed by atoms with Crippen molar-refractivity contribution in [2.24, 2.45) is 0 Å². The van der Waals surface area contributed by atoms with Crippen LogP contribution >= 0.6 is 0 Å². The maximum Gasteiger partial charge on any atom is 0.258 e. The third kappa shape index (κ3) is 2.78. The number of nitrogens with zero attached hydrogens (tertiary/aromatic N) is 1. The highest BCUT2D eigenvalue weighted by atomic mass is 16.5. The van der Waals surface area contributed by atoms with Crippen molar-refractivity contribution < 1.29 is 23.4 Å². The smallest absolute Gasteiger partial charge is 0.258 e. The first-order valence-corrected chi connectivity index (χ1v) is 7.79. The van der Waals surface area contributed by atoms with E-state index in [4.69, 9.17) is 18.6 Å². The second-order valence-corrected chi connectivity index (χ2v) is 5.92. The number of ether oxygens (including phenoxy) is 3. The fourth-order valence-electron chi connectivity index (χ4n) is 3.26. The first-order chi connectivity index (χ1) is 10.7. The molecule has 2 aliphatic rings. The largest absolute Gasteiger partial charge is 0.469 e. The Morgan fingerprint density at radius 3 is 3.09 bits per heavy atom. The van der Waals surface area contributed by atoms with Gasteiger partial charge in [-0.3, -0.25) is 4.79 Å². The van der Waals surface area contributed by atoms with Gasteiger partial charge in [-0.15, -0.1) is 0 Å². The lowest BCUT2D eigenvalue weighted by Crippen LogP contribution is -2.60. The van der Waals surface area contributed by atoms with Crippen LogP contribution in [0.15, 0.2) is 16.7 Å². The van der Waals surface area contributed by atoms with Gasteiger partial charge in [0.25, 0.3) is 5.91 Å². The molecule has 2 saturated heterocycles. The van der Waals surface area contributed by atoms with Crippen molar-refractivity contribution in [2.75, 3.05) is 39.6 Å². The molecule has 0 bridgehead atoms. The zero-order chi connectivity index (χ0) is 15.6. The van der Waals surface area contributed by atoms with Gasteiger partial charge in [0.15, 0.2) is 0 Å². The molecule has 6 nitrogen and oxygen atoms in total. The van der Waals surface area contributed by atoms with Crippen LogP contribution in [-0.2, 0) is 14.2 Å². The standard InChI is InChI=1S/C16H23NO5/c1-3-19-9-13-8-16(11-22-13)10-20-7-5-17(16)15(18)14-4-6-21-12(14)2/h4,6,13H,3,5,7-11H2,1-2H3. The normalized spacial score (nSPS) is 28.5. The molecular weight excluding hydrogens is 286 g/mol. The molecule has 2 fully saturated rings. The van der Waals surface area contributed by atoms with Crippen LogP contribution in [0.4, 0.5) is 0 Å². The zero-order valence-electron chi connectivity index (χ0n) is 13.2. The lowest BCUT2D eigenvalue weighted by molar-refractivity contribution is -0.0559. The van der Waals surface area contributed by atoms with E-state index in [2.05, 4.69) is 0 Å². The highest BCUT2D eigenvalue weighted by Gasteiger charge is 2.49. The Hall–Kier alpha value is -1.37. The van der Waals surface area contributed by atoms with Gasteiger partial charge < -0.3 is 23.5 Å². The summed E-state index contributed by atoms with van der Waals surface area (Å²) in [5.41, 5.74) is 0.232. The average molecular weight is 309 g/mol. The molecule has 0 radical (unpaired) electrons. The lowest BCUT2D eigenvalue weighted by atomic mass is 9.92. The van der Waals surface area contributed by atoms with Crippen LogP contribution in [0.25, 0.3) is 0 Å². The maximum atomic E-state index is 12.9. The van der Waals surface area contributed by atoms with E-state index in [0.29, 0.717) is 50.9 Å². The SMILES string of the molecule is CCOCC1CC2(COCCN2C(=O)c2ccoc2C)CO1. The van der Waals surface area contributed by atoms with E-state index in [9.17, 15) is 4.79 Å². The lowest BCUT2D eigenvalue weighted by Gasteiger charge is -2.43. The Kier molecular flexibility index (Phi) is 4.52. The molecule has 0 N–H and O–H groups in total. The number of furan rings is 1. The highest BCUT2D eigenvalue weighted by molar-refractivity contribution is 5.95. The predicted octanol–water partition coefficient (Wildman–Crippen LogP) is 1.62. The van der Waals surface area contributed by atoms with E-state index in [1.54, 1.807) is 12.3 Å². The molecule has 1 aromatic heterocycles.